The van der Waals surface area contributed by atoms with E-state index in [2.05, 4.69) is 14.9 Å². The molecule has 2 rings (SSSR count). The van der Waals surface area contributed by atoms with Crippen molar-refractivity contribution in [3.8, 4) is 0 Å². The Kier molecular flexibility index (Phi) is 4.29. The first-order valence-electron chi connectivity index (χ1n) is 6.45. The summed E-state index contributed by atoms with van der Waals surface area (Å²) in [5.74, 6) is 0.148. The Morgan fingerprint density at radius 2 is 2.37 bits per heavy atom. The number of hydrogen-bond acceptors (Lipinski definition) is 5. The average Bonchev–Trinajstić information content (AvgIpc) is 2.85. The first kappa shape index (κ1) is 14.1. The summed E-state index contributed by atoms with van der Waals surface area (Å²) in [5.41, 5.74) is -0.612. The summed E-state index contributed by atoms with van der Waals surface area (Å²) in [6.07, 6.45) is 5.81. The molecule has 0 aromatic carbocycles. The summed E-state index contributed by atoms with van der Waals surface area (Å²) in [6, 6.07) is 1.93. The quantitative estimate of drug-likeness (QED) is 0.660. The van der Waals surface area contributed by atoms with Crippen molar-refractivity contribution < 1.29 is 9.90 Å². The SMILES string of the molecule is CCCC1(C(=O)O)CCN(c2cc(SC)ncn2)C1. The Morgan fingerprint density at radius 3 is 3.00 bits per heavy atom. The number of aliphatic carboxylic acids is 1. The molecule has 1 atom stereocenters. The van der Waals surface area contributed by atoms with E-state index in [-0.39, 0.29) is 0 Å². The van der Waals surface area contributed by atoms with E-state index >= 15 is 0 Å². The van der Waals surface area contributed by atoms with Gasteiger partial charge >= 0.3 is 5.97 Å². The molecule has 1 unspecified atom stereocenters. The van der Waals surface area contributed by atoms with E-state index in [1.165, 1.54) is 0 Å². The molecule has 19 heavy (non-hydrogen) atoms. The largest absolute Gasteiger partial charge is 0.481 e. The molecular formula is C13H19N3O2S. The van der Waals surface area contributed by atoms with Gasteiger partial charge in [-0.25, -0.2) is 9.97 Å². The monoisotopic (exact) mass is 281 g/mol. The van der Waals surface area contributed by atoms with Crippen LogP contribution in [-0.4, -0.2) is 40.4 Å². The molecule has 0 amide bonds. The molecule has 1 fully saturated rings. The molecule has 0 saturated carbocycles. The highest BCUT2D eigenvalue weighted by molar-refractivity contribution is 7.98. The standard InChI is InChI=1S/C13H19N3O2S/c1-3-4-13(12(17)18)5-6-16(8-13)10-7-11(19-2)15-9-14-10/h7,9H,3-6,8H2,1-2H3,(H,17,18). The van der Waals surface area contributed by atoms with Gasteiger partial charge in [0.1, 0.15) is 17.2 Å². The molecule has 1 aliphatic rings. The second-order valence-electron chi connectivity index (χ2n) is 4.93. The van der Waals surface area contributed by atoms with Crippen molar-refractivity contribution in [1.82, 2.24) is 9.97 Å². The first-order valence-corrected chi connectivity index (χ1v) is 7.68. The molecule has 5 nitrogen and oxygen atoms in total. The van der Waals surface area contributed by atoms with Crippen LogP contribution in [0.3, 0.4) is 0 Å². The number of rotatable bonds is 5. The molecule has 1 aromatic heterocycles. The van der Waals surface area contributed by atoms with Crippen LogP contribution in [0.25, 0.3) is 0 Å². The molecule has 0 bridgehead atoms. The summed E-state index contributed by atoms with van der Waals surface area (Å²) < 4.78 is 0. The molecule has 1 N–H and O–H groups in total. The number of carboxylic acid groups (broad SMARTS) is 1. The van der Waals surface area contributed by atoms with Gasteiger partial charge in [0.05, 0.1) is 5.41 Å². The smallest absolute Gasteiger partial charge is 0.311 e. The van der Waals surface area contributed by atoms with Crippen LogP contribution in [0.1, 0.15) is 26.2 Å². The highest BCUT2D eigenvalue weighted by atomic mass is 32.2. The second-order valence-corrected chi connectivity index (χ2v) is 5.75. The number of carboxylic acids is 1. The predicted octanol–water partition coefficient (Wildman–Crippen LogP) is 2.28. The lowest BCUT2D eigenvalue weighted by atomic mass is 9.83. The number of thioether (sulfide) groups is 1. The van der Waals surface area contributed by atoms with Crippen LogP contribution in [-0.2, 0) is 4.79 Å². The maximum atomic E-state index is 11.5. The van der Waals surface area contributed by atoms with Crippen molar-refractivity contribution in [2.45, 2.75) is 31.2 Å². The van der Waals surface area contributed by atoms with Crippen LogP contribution in [0, 0.1) is 5.41 Å². The number of hydrogen-bond donors (Lipinski definition) is 1. The van der Waals surface area contributed by atoms with Crippen molar-refractivity contribution in [3.63, 3.8) is 0 Å². The van der Waals surface area contributed by atoms with Crippen LogP contribution in [0.2, 0.25) is 0 Å². The topological polar surface area (TPSA) is 66.3 Å². The third kappa shape index (κ3) is 2.83. The van der Waals surface area contributed by atoms with E-state index in [0.29, 0.717) is 13.0 Å². The van der Waals surface area contributed by atoms with Crippen molar-refractivity contribution in [2.75, 3.05) is 24.2 Å². The van der Waals surface area contributed by atoms with Gasteiger partial charge in [0.15, 0.2) is 0 Å². The van der Waals surface area contributed by atoms with Gasteiger partial charge in [0.25, 0.3) is 0 Å². The minimum Gasteiger partial charge on any atom is -0.481 e. The van der Waals surface area contributed by atoms with Crippen molar-refractivity contribution >= 4 is 23.5 Å². The fourth-order valence-corrected chi connectivity index (χ4v) is 3.02. The van der Waals surface area contributed by atoms with Gasteiger partial charge in [-0.05, 0) is 19.1 Å². The molecule has 0 spiro atoms. The predicted molar refractivity (Wildman–Crippen MR) is 75.6 cm³/mol. The molecule has 1 aromatic rings. The van der Waals surface area contributed by atoms with E-state index in [1.807, 2.05) is 19.2 Å². The molecule has 0 radical (unpaired) electrons. The van der Waals surface area contributed by atoms with Crippen LogP contribution >= 0.6 is 11.8 Å². The van der Waals surface area contributed by atoms with Crippen LogP contribution in [0.5, 0.6) is 0 Å². The Hall–Kier alpha value is -1.30. The van der Waals surface area contributed by atoms with Crippen LogP contribution in [0.4, 0.5) is 5.82 Å². The van der Waals surface area contributed by atoms with Gasteiger partial charge in [0.2, 0.25) is 0 Å². The summed E-state index contributed by atoms with van der Waals surface area (Å²) in [7, 11) is 0. The zero-order valence-corrected chi connectivity index (χ0v) is 12.1. The number of carbonyl (C=O) groups is 1. The van der Waals surface area contributed by atoms with Crippen molar-refractivity contribution in [2.24, 2.45) is 5.41 Å². The fraction of sp³-hybridized carbons (Fsp3) is 0.615. The van der Waals surface area contributed by atoms with E-state index < -0.39 is 11.4 Å². The lowest BCUT2D eigenvalue weighted by Crippen LogP contribution is -2.34. The van der Waals surface area contributed by atoms with Gasteiger partial charge in [0, 0.05) is 19.2 Å². The first-order chi connectivity index (χ1) is 9.11. The van der Waals surface area contributed by atoms with Crippen LogP contribution < -0.4 is 4.90 Å². The minimum atomic E-state index is -0.684. The molecule has 1 saturated heterocycles. The summed E-state index contributed by atoms with van der Waals surface area (Å²) in [4.78, 5) is 22.0. The molecule has 0 aliphatic carbocycles. The lowest BCUT2D eigenvalue weighted by molar-refractivity contribution is -0.148. The van der Waals surface area contributed by atoms with Crippen molar-refractivity contribution in [3.05, 3.63) is 12.4 Å². The van der Waals surface area contributed by atoms with E-state index in [9.17, 15) is 9.90 Å². The third-order valence-electron chi connectivity index (χ3n) is 3.70. The number of aromatic nitrogens is 2. The molecule has 2 heterocycles. The fourth-order valence-electron chi connectivity index (χ4n) is 2.65. The Balaban J connectivity index is 2.18. The Morgan fingerprint density at radius 1 is 1.58 bits per heavy atom. The third-order valence-corrected chi connectivity index (χ3v) is 4.34. The van der Waals surface area contributed by atoms with Gasteiger partial charge in [-0.3, -0.25) is 4.79 Å². The van der Waals surface area contributed by atoms with E-state index in [4.69, 9.17) is 0 Å². The zero-order chi connectivity index (χ0) is 13.9. The lowest BCUT2D eigenvalue weighted by Gasteiger charge is -2.24. The molecule has 6 heteroatoms. The van der Waals surface area contributed by atoms with E-state index in [1.54, 1.807) is 18.1 Å². The summed E-state index contributed by atoms with van der Waals surface area (Å²) in [5, 5.41) is 10.4. The zero-order valence-electron chi connectivity index (χ0n) is 11.3. The van der Waals surface area contributed by atoms with Gasteiger partial charge in [-0.1, -0.05) is 13.3 Å². The molecule has 104 valence electrons. The van der Waals surface area contributed by atoms with Gasteiger partial charge in [-0.2, -0.15) is 0 Å². The maximum Gasteiger partial charge on any atom is 0.311 e. The molecule has 1 aliphatic heterocycles. The number of anilines is 1. The van der Waals surface area contributed by atoms with Gasteiger partial charge < -0.3 is 10.0 Å². The Bertz CT molecular complexity index is 469. The molecular weight excluding hydrogens is 262 g/mol. The highest BCUT2D eigenvalue weighted by Crippen LogP contribution is 2.37. The average molecular weight is 281 g/mol. The normalized spacial score (nSPS) is 22.7. The summed E-state index contributed by atoms with van der Waals surface area (Å²) >= 11 is 1.56. The minimum absolute atomic E-state index is 0.543. The number of nitrogens with zero attached hydrogens (tertiary/aromatic N) is 3. The highest BCUT2D eigenvalue weighted by Gasteiger charge is 2.44. The van der Waals surface area contributed by atoms with Gasteiger partial charge in [-0.15, -0.1) is 11.8 Å². The second kappa shape index (κ2) is 5.77. The van der Waals surface area contributed by atoms with Crippen LogP contribution in [0.15, 0.2) is 17.4 Å². The summed E-state index contributed by atoms with van der Waals surface area (Å²) in [6.45, 7) is 3.32. The maximum absolute atomic E-state index is 11.5. The van der Waals surface area contributed by atoms with E-state index in [0.717, 1.165) is 30.2 Å². The van der Waals surface area contributed by atoms with Crippen molar-refractivity contribution in [1.29, 1.82) is 0 Å². The Labute approximate surface area is 117 Å².